The van der Waals surface area contributed by atoms with Gasteiger partial charge in [0.05, 0.1) is 6.54 Å². The van der Waals surface area contributed by atoms with Crippen molar-refractivity contribution in [3.8, 4) is 0 Å². The molecule has 0 atom stereocenters. The lowest BCUT2D eigenvalue weighted by atomic mass is 10.5. The quantitative estimate of drug-likeness (QED) is 0.385. The molecule has 1 aliphatic heterocycles. The van der Waals surface area contributed by atoms with Crippen molar-refractivity contribution in [2.24, 2.45) is 0 Å². The van der Waals surface area contributed by atoms with Gasteiger partial charge >= 0.3 is 0 Å². The molecule has 9 heavy (non-hydrogen) atoms. The number of hydrogen-bond donors (Lipinski definition) is 0. The average Bonchev–Trinajstić information content (AvgIpc) is 1.80. The van der Waals surface area contributed by atoms with Crippen molar-refractivity contribution in [1.82, 2.24) is 10.2 Å². The third-order valence-corrected chi connectivity index (χ3v) is 1.18. The van der Waals surface area contributed by atoms with E-state index >= 15 is 0 Å². The monoisotopic (exact) mass is 153 g/mol. The van der Waals surface area contributed by atoms with Gasteiger partial charge in [-0.2, -0.15) is 5.12 Å². The largest absolute Gasteiger partial charge is 0.181 e. The Balaban J connectivity index is 2.56. The minimum atomic E-state index is -0.107. The van der Waals surface area contributed by atoms with Crippen LogP contribution in [-0.2, 0) is 0 Å². The minimum Gasteiger partial charge on any atom is -0.177 e. The van der Waals surface area contributed by atoms with Crippen LogP contribution in [-0.4, -0.2) is 16.8 Å². The molecule has 1 aliphatic rings. The lowest BCUT2D eigenvalue weighted by Gasteiger charge is -2.19. The summed E-state index contributed by atoms with van der Waals surface area (Å²) in [5.41, 5.74) is 0. The normalized spacial score (nSPS) is 22.1. The summed E-state index contributed by atoms with van der Waals surface area (Å²) in [5.74, 6) is 0. The van der Waals surface area contributed by atoms with Crippen molar-refractivity contribution < 1.29 is 8.96 Å². The highest BCUT2D eigenvalue weighted by Gasteiger charge is 2.17. The SMILES string of the molecule is FN1[CH]N(F)C(Cl)=CC1. The van der Waals surface area contributed by atoms with Crippen LogP contribution < -0.4 is 0 Å². The fourth-order valence-electron chi connectivity index (χ4n) is 0.462. The average molecular weight is 154 g/mol. The topological polar surface area (TPSA) is 6.48 Å². The molecule has 1 heterocycles. The molecule has 1 rings (SSSR count). The van der Waals surface area contributed by atoms with Crippen LogP contribution in [0.15, 0.2) is 11.2 Å². The lowest BCUT2D eigenvalue weighted by molar-refractivity contribution is -0.0314. The maximum atomic E-state index is 12.1. The molecule has 2 nitrogen and oxygen atoms in total. The zero-order valence-corrected chi connectivity index (χ0v) is 5.15. The van der Waals surface area contributed by atoms with Gasteiger partial charge in [0.25, 0.3) is 0 Å². The Kier molecular flexibility index (Phi) is 1.87. The van der Waals surface area contributed by atoms with E-state index in [2.05, 4.69) is 0 Å². The number of halogens is 3. The van der Waals surface area contributed by atoms with E-state index in [0.717, 1.165) is 0 Å². The van der Waals surface area contributed by atoms with Crippen LogP contribution in [0.25, 0.3) is 0 Å². The van der Waals surface area contributed by atoms with Gasteiger partial charge in [0.1, 0.15) is 5.16 Å². The van der Waals surface area contributed by atoms with E-state index in [0.29, 0.717) is 6.67 Å². The fraction of sp³-hybridized carbons (Fsp3) is 0.250. The van der Waals surface area contributed by atoms with Gasteiger partial charge < -0.3 is 0 Å². The second-order valence-corrected chi connectivity index (χ2v) is 1.92. The molecule has 51 valence electrons. The number of rotatable bonds is 0. The van der Waals surface area contributed by atoms with Crippen molar-refractivity contribution in [3.63, 3.8) is 0 Å². The van der Waals surface area contributed by atoms with Crippen molar-refractivity contribution in [2.45, 2.75) is 0 Å². The van der Waals surface area contributed by atoms with E-state index in [9.17, 15) is 8.96 Å². The summed E-state index contributed by atoms with van der Waals surface area (Å²) < 4.78 is 24.1. The molecule has 0 N–H and O–H groups in total. The zero-order chi connectivity index (χ0) is 6.85. The Morgan fingerprint density at radius 3 is 2.67 bits per heavy atom. The van der Waals surface area contributed by atoms with Gasteiger partial charge in [-0.15, -0.1) is 9.60 Å². The maximum absolute atomic E-state index is 12.1. The molecule has 5 heteroatoms. The smallest absolute Gasteiger partial charge is 0.177 e. The first-order valence-electron chi connectivity index (χ1n) is 2.28. The highest BCUT2D eigenvalue weighted by atomic mass is 35.5. The second kappa shape index (κ2) is 2.49. The molecule has 0 saturated carbocycles. The predicted octanol–water partition coefficient (Wildman–Crippen LogP) is 1.57. The second-order valence-electron chi connectivity index (χ2n) is 1.54. The third kappa shape index (κ3) is 1.53. The molecule has 0 aliphatic carbocycles. The van der Waals surface area contributed by atoms with E-state index in [1.165, 1.54) is 6.08 Å². The fourth-order valence-corrected chi connectivity index (χ4v) is 0.575. The van der Waals surface area contributed by atoms with Crippen molar-refractivity contribution in [2.75, 3.05) is 6.54 Å². The molecule has 0 saturated heterocycles. The van der Waals surface area contributed by atoms with Gasteiger partial charge in [-0.1, -0.05) is 16.1 Å². The minimum absolute atomic E-state index is 0.000741. The summed E-state index contributed by atoms with van der Waals surface area (Å²) in [6.45, 7) is 0.627. The van der Waals surface area contributed by atoms with Crippen LogP contribution in [0.2, 0.25) is 0 Å². The Morgan fingerprint density at radius 1 is 1.56 bits per heavy atom. The molecule has 0 bridgehead atoms. The highest BCUT2D eigenvalue weighted by molar-refractivity contribution is 6.29. The summed E-state index contributed by atoms with van der Waals surface area (Å²) in [4.78, 5) is 0. The Morgan fingerprint density at radius 2 is 2.22 bits per heavy atom. The summed E-state index contributed by atoms with van der Waals surface area (Å²) in [7, 11) is 0. The molecule has 1 radical (unpaired) electrons. The van der Waals surface area contributed by atoms with Gasteiger partial charge in [0, 0.05) is 0 Å². The maximum Gasteiger partial charge on any atom is 0.181 e. The first kappa shape index (κ1) is 6.77. The Hall–Kier alpha value is -0.350. The summed E-state index contributed by atoms with van der Waals surface area (Å²) in [5, 5.41) is 0.0839. The van der Waals surface area contributed by atoms with Crippen LogP contribution in [0.1, 0.15) is 0 Å². The molecule has 0 fully saturated rings. The van der Waals surface area contributed by atoms with E-state index < -0.39 is 0 Å². The Labute approximate surface area is 56.2 Å². The van der Waals surface area contributed by atoms with Gasteiger partial charge in [0.15, 0.2) is 6.67 Å². The van der Waals surface area contributed by atoms with Crippen LogP contribution >= 0.6 is 11.6 Å². The van der Waals surface area contributed by atoms with Crippen LogP contribution in [0.5, 0.6) is 0 Å². The predicted molar refractivity (Wildman–Crippen MR) is 29.0 cm³/mol. The van der Waals surface area contributed by atoms with E-state index in [1.54, 1.807) is 0 Å². The molecule has 0 amide bonds. The molecular weight excluding hydrogens is 150 g/mol. The zero-order valence-electron chi connectivity index (χ0n) is 4.39. The molecular formula is C4H4ClF2N2. The first-order valence-corrected chi connectivity index (χ1v) is 2.66. The van der Waals surface area contributed by atoms with E-state index in [1.807, 2.05) is 0 Å². The van der Waals surface area contributed by atoms with Crippen LogP contribution in [0, 0.1) is 6.67 Å². The number of hydrogen-bond acceptors (Lipinski definition) is 2. The Bertz CT molecular complexity index is 139. The summed E-state index contributed by atoms with van der Waals surface area (Å²) >= 11 is 5.22. The van der Waals surface area contributed by atoms with Gasteiger partial charge in [0.2, 0.25) is 0 Å². The molecule has 0 unspecified atom stereocenters. The molecule has 0 aromatic heterocycles. The van der Waals surface area contributed by atoms with E-state index in [4.69, 9.17) is 11.6 Å². The van der Waals surface area contributed by atoms with Crippen LogP contribution in [0.3, 0.4) is 0 Å². The van der Waals surface area contributed by atoms with Gasteiger partial charge in [-0.05, 0) is 6.08 Å². The third-order valence-electron chi connectivity index (χ3n) is 0.865. The van der Waals surface area contributed by atoms with E-state index in [-0.39, 0.29) is 21.9 Å². The van der Waals surface area contributed by atoms with Crippen LogP contribution in [0.4, 0.5) is 8.96 Å². The van der Waals surface area contributed by atoms with Crippen molar-refractivity contribution >= 4 is 11.6 Å². The van der Waals surface area contributed by atoms with Crippen molar-refractivity contribution in [3.05, 3.63) is 17.9 Å². The summed E-state index contributed by atoms with van der Waals surface area (Å²) in [6, 6.07) is 0. The highest BCUT2D eigenvalue weighted by Crippen LogP contribution is 2.18. The number of nitrogens with zero attached hydrogens (tertiary/aromatic N) is 2. The molecule has 0 spiro atoms. The first-order chi connectivity index (χ1) is 4.20. The standard InChI is InChI=1S/C4H4ClF2N2/c5-4-1-2-8(6)3-9(4)7/h1,3H,2H2. The summed E-state index contributed by atoms with van der Waals surface area (Å²) in [6.07, 6.45) is 1.22. The molecule has 0 aromatic carbocycles. The van der Waals surface area contributed by atoms with Gasteiger partial charge in [-0.3, -0.25) is 0 Å². The van der Waals surface area contributed by atoms with Gasteiger partial charge in [-0.25, -0.2) is 0 Å². The molecule has 0 aromatic rings. The van der Waals surface area contributed by atoms with Crippen molar-refractivity contribution in [1.29, 1.82) is 0 Å². The lowest BCUT2D eigenvalue weighted by Crippen LogP contribution is -2.25.